The molecule has 3 aromatic rings. The normalized spacial score (nSPS) is 16.6. The number of fused-ring (bicyclic) bond motifs is 3. The second kappa shape index (κ2) is 9.18. The van der Waals surface area contributed by atoms with Crippen LogP contribution in [0.4, 0.5) is 9.80 Å². The maximum absolute atomic E-state index is 13.0. The molecule has 34 heavy (non-hydrogen) atoms. The van der Waals surface area contributed by atoms with E-state index in [1.807, 2.05) is 18.2 Å². The van der Waals surface area contributed by atoms with Crippen molar-refractivity contribution in [3.8, 4) is 5.75 Å². The Labute approximate surface area is 200 Å². The van der Waals surface area contributed by atoms with Gasteiger partial charge in [0.2, 0.25) is 0 Å². The van der Waals surface area contributed by atoms with Crippen LogP contribution in [-0.2, 0) is 17.7 Å². The summed E-state index contributed by atoms with van der Waals surface area (Å²) in [6.45, 7) is 3.08. The summed E-state index contributed by atoms with van der Waals surface area (Å²) < 4.78 is 10.6. The number of esters is 1. The van der Waals surface area contributed by atoms with E-state index in [1.54, 1.807) is 48.2 Å². The average Bonchev–Trinajstić information content (AvgIpc) is 3.23. The number of anilines is 1. The molecule has 0 unspecified atom stereocenters. The van der Waals surface area contributed by atoms with E-state index in [0.29, 0.717) is 43.0 Å². The van der Waals surface area contributed by atoms with Gasteiger partial charge in [0.05, 0.1) is 24.3 Å². The lowest BCUT2D eigenvalue weighted by Gasteiger charge is -2.28. The maximum atomic E-state index is 13.0. The highest BCUT2D eigenvalue weighted by molar-refractivity contribution is 7.16. The number of nitrogens with one attached hydrogen (secondary N) is 2. The zero-order chi connectivity index (χ0) is 23.7. The Morgan fingerprint density at radius 1 is 1.09 bits per heavy atom. The van der Waals surface area contributed by atoms with Gasteiger partial charge in [-0.3, -0.25) is 4.79 Å². The maximum Gasteiger partial charge on any atom is 0.410 e. The van der Waals surface area contributed by atoms with Crippen LogP contribution in [0.1, 0.15) is 49.8 Å². The van der Waals surface area contributed by atoms with Gasteiger partial charge in [-0.2, -0.15) is 0 Å². The van der Waals surface area contributed by atoms with E-state index < -0.39 is 12.1 Å². The molecule has 0 fully saturated rings. The Morgan fingerprint density at radius 2 is 1.85 bits per heavy atom. The largest absolute Gasteiger partial charge is 0.450 e. The van der Waals surface area contributed by atoms with Crippen LogP contribution in [0, 0.1) is 0 Å². The van der Waals surface area contributed by atoms with Crippen molar-refractivity contribution in [1.82, 2.24) is 10.2 Å². The minimum atomic E-state index is -0.428. The molecule has 2 amide bonds. The molecule has 0 spiro atoms. The highest BCUT2D eigenvalue weighted by Crippen LogP contribution is 2.41. The number of thiophene rings is 1. The van der Waals surface area contributed by atoms with Crippen molar-refractivity contribution in [1.29, 1.82) is 0 Å². The SMILES string of the molecule is CCOC(=O)N1CCc2c(sc3c2C(=O)N[C@H](c2ccc(OC(=O)c4ccccc4)cc2)N3)C1. The Balaban J connectivity index is 1.29. The molecule has 1 atom stereocenters. The number of hydrogen-bond acceptors (Lipinski definition) is 7. The third kappa shape index (κ3) is 4.22. The zero-order valence-corrected chi connectivity index (χ0v) is 19.3. The third-order valence-electron chi connectivity index (χ3n) is 5.79. The van der Waals surface area contributed by atoms with Crippen molar-refractivity contribution in [2.75, 3.05) is 18.5 Å². The highest BCUT2D eigenvalue weighted by atomic mass is 32.1. The molecule has 9 heteroatoms. The molecule has 5 rings (SSSR count). The highest BCUT2D eigenvalue weighted by Gasteiger charge is 2.34. The number of amides is 2. The first-order chi connectivity index (χ1) is 16.5. The first-order valence-corrected chi connectivity index (χ1v) is 11.9. The van der Waals surface area contributed by atoms with Gasteiger partial charge in [-0.25, -0.2) is 9.59 Å². The summed E-state index contributed by atoms with van der Waals surface area (Å²) in [7, 11) is 0. The lowest BCUT2D eigenvalue weighted by atomic mass is 10.0. The van der Waals surface area contributed by atoms with E-state index in [9.17, 15) is 14.4 Å². The molecule has 3 heterocycles. The Bertz CT molecular complexity index is 1240. The quantitative estimate of drug-likeness (QED) is 0.429. The molecule has 0 radical (unpaired) electrons. The summed E-state index contributed by atoms with van der Waals surface area (Å²) in [6.07, 6.45) is -0.135. The summed E-state index contributed by atoms with van der Waals surface area (Å²) in [4.78, 5) is 40.0. The minimum Gasteiger partial charge on any atom is -0.450 e. The fourth-order valence-corrected chi connectivity index (χ4v) is 5.41. The molecular weight excluding hydrogens is 454 g/mol. The van der Waals surface area contributed by atoms with Gasteiger partial charge in [0.15, 0.2) is 0 Å². The molecule has 174 valence electrons. The van der Waals surface area contributed by atoms with Crippen molar-refractivity contribution in [3.63, 3.8) is 0 Å². The number of nitrogens with zero attached hydrogens (tertiary/aromatic N) is 1. The fourth-order valence-electron chi connectivity index (χ4n) is 4.12. The molecule has 2 aliphatic heterocycles. The van der Waals surface area contributed by atoms with Crippen molar-refractivity contribution in [2.45, 2.75) is 26.1 Å². The van der Waals surface area contributed by atoms with E-state index in [4.69, 9.17) is 9.47 Å². The molecule has 0 saturated heterocycles. The van der Waals surface area contributed by atoms with E-state index in [-0.39, 0.29) is 12.0 Å². The Morgan fingerprint density at radius 3 is 2.59 bits per heavy atom. The predicted octanol–water partition coefficient (Wildman–Crippen LogP) is 4.34. The predicted molar refractivity (Wildman–Crippen MR) is 127 cm³/mol. The topological polar surface area (TPSA) is 97.0 Å². The second-order valence-corrected chi connectivity index (χ2v) is 9.06. The average molecular weight is 478 g/mol. The number of hydrogen-bond donors (Lipinski definition) is 2. The first-order valence-electron chi connectivity index (χ1n) is 11.0. The minimum absolute atomic E-state index is 0.139. The van der Waals surface area contributed by atoms with Crippen LogP contribution in [0.3, 0.4) is 0 Å². The number of carbonyl (C=O) groups is 3. The van der Waals surface area contributed by atoms with Gasteiger partial charge in [0, 0.05) is 11.4 Å². The van der Waals surface area contributed by atoms with Crippen LogP contribution >= 0.6 is 11.3 Å². The monoisotopic (exact) mass is 477 g/mol. The van der Waals surface area contributed by atoms with E-state index in [0.717, 1.165) is 21.0 Å². The van der Waals surface area contributed by atoms with E-state index >= 15 is 0 Å². The molecule has 0 bridgehead atoms. The van der Waals surface area contributed by atoms with Crippen molar-refractivity contribution in [2.24, 2.45) is 0 Å². The van der Waals surface area contributed by atoms with Crippen LogP contribution in [0.5, 0.6) is 5.75 Å². The summed E-state index contributed by atoms with van der Waals surface area (Å²) in [5, 5.41) is 7.20. The van der Waals surface area contributed by atoms with Crippen molar-refractivity contribution < 1.29 is 23.9 Å². The molecule has 0 aliphatic carbocycles. The standard InChI is InChI=1S/C25H23N3O5S/c1-2-32-25(31)28-13-12-18-19(14-28)34-23-20(18)22(29)26-21(27-23)15-8-10-17(11-9-15)33-24(30)16-6-4-3-5-7-16/h3-11,21,27H,2,12-14H2,1H3,(H,26,29)/t21-/m0/s1. The van der Waals surface area contributed by atoms with Crippen molar-refractivity contribution >= 4 is 34.3 Å². The Kier molecular flexibility index (Phi) is 5.93. The molecule has 1 aromatic heterocycles. The molecule has 0 saturated carbocycles. The van der Waals surface area contributed by atoms with Gasteiger partial charge < -0.3 is 25.0 Å². The van der Waals surface area contributed by atoms with Gasteiger partial charge >= 0.3 is 12.1 Å². The van der Waals surface area contributed by atoms with E-state index in [2.05, 4.69) is 10.6 Å². The van der Waals surface area contributed by atoms with Crippen LogP contribution < -0.4 is 15.4 Å². The van der Waals surface area contributed by atoms with E-state index in [1.165, 1.54) is 11.3 Å². The van der Waals surface area contributed by atoms with Gasteiger partial charge in [0.1, 0.15) is 16.9 Å². The number of rotatable bonds is 4. The number of ether oxygens (including phenoxy) is 2. The lowest BCUT2D eigenvalue weighted by Crippen LogP contribution is -2.39. The molecule has 2 aromatic carbocycles. The van der Waals surface area contributed by atoms with Crippen LogP contribution in [0.25, 0.3) is 0 Å². The summed E-state index contributed by atoms with van der Waals surface area (Å²) >= 11 is 1.50. The Hall–Kier alpha value is -3.85. The lowest BCUT2D eigenvalue weighted by molar-refractivity contribution is 0.0734. The zero-order valence-electron chi connectivity index (χ0n) is 18.5. The molecule has 8 nitrogen and oxygen atoms in total. The summed E-state index contributed by atoms with van der Waals surface area (Å²) in [6, 6.07) is 15.8. The summed E-state index contributed by atoms with van der Waals surface area (Å²) in [5.74, 6) is -0.144. The second-order valence-electron chi connectivity index (χ2n) is 7.95. The van der Waals surface area contributed by atoms with Crippen LogP contribution in [0.2, 0.25) is 0 Å². The van der Waals surface area contributed by atoms with Gasteiger partial charge in [0.25, 0.3) is 5.91 Å². The van der Waals surface area contributed by atoms with Crippen LogP contribution in [0.15, 0.2) is 54.6 Å². The molecule has 2 N–H and O–H groups in total. The van der Waals surface area contributed by atoms with Crippen molar-refractivity contribution in [3.05, 3.63) is 81.7 Å². The molecule has 2 aliphatic rings. The molecular formula is C25H23N3O5S. The van der Waals surface area contributed by atoms with Gasteiger partial charge in [-0.15, -0.1) is 11.3 Å². The van der Waals surface area contributed by atoms with Gasteiger partial charge in [-0.1, -0.05) is 30.3 Å². The fraction of sp³-hybridized carbons (Fsp3) is 0.240. The number of benzene rings is 2. The smallest absolute Gasteiger partial charge is 0.410 e. The van der Waals surface area contributed by atoms with Crippen LogP contribution in [-0.4, -0.2) is 36.0 Å². The van der Waals surface area contributed by atoms with Gasteiger partial charge in [-0.05, 0) is 48.7 Å². The first kappa shape index (κ1) is 22.0. The third-order valence-corrected chi connectivity index (χ3v) is 6.94. The number of carbonyl (C=O) groups excluding carboxylic acids is 3. The summed E-state index contributed by atoms with van der Waals surface area (Å²) in [5.41, 5.74) is 2.96.